The second-order valence-electron chi connectivity index (χ2n) is 5.87. The SMILES string of the molecule is COCc1cc(C)nc(SCC(=O)NC(C(=O)OC)c2ccccc2)c1C#N. The molecular formula is C20H21N3O4S. The van der Waals surface area contributed by atoms with Crippen LogP contribution in [0, 0.1) is 18.3 Å². The van der Waals surface area contributed by atoms with Gasteiger partial charge >= 0.3 is 5.97 Å². The van der Waals surface area contributed by atoms with Gasteiger partial charge in [0.25, 0.3) is 0 Å². The number of aromatic nitrogens is 1. The largest absolute Gasteiger partial charge is 0.467 e. The van der Waals surface area contributed by atoms with Crippen molar-refractivity contribution in [3.63, 3.8) is 0 Å². The van der Waals surface area contributed by atoms with Crippen molar-refractivity contribution in [1.82, 2.24) is 10.3 Å². The second-order valence-corrected chi connectivity index (χ2v) is 6.83. The molecule has 146 valence electrons. The monoisotopic (exact) mass is 399 g/mol. The molecule has 1 amide bonds. The lowest BCUT2D eigenvalue weighted by Crippen LogP contribution is -2.35. The summed E-state index contributed by atoms with van der Waals surface area (Å²) in [5, 5.41) is 12.6. The minimum absolute atomic E-state index is 0.00210. The topological polar surface area (TPSA) is 101 Å². The van der Waals surface area contributed by atoms with Gasteiger partial charge in [-0.25, -0.2) is 9.78 Å². The molecule has 2 aromatic rings. The zero-order chi connectivity index (χ0) is 20.5. The predicted octanol–water partition coefficient (Wildman–Crippen LogP) is 2.53. The van der Waals surface area contributed by atoms with E-state index in [1.165, 1.54) is 7.11 Å². The van der Waals surface area contributed by atoms with Crippen LogP contribution in [0.25, 0.3) is 0 Å². The van der Waals surface area contributed by atoms with Gasteiger partial charge in [-0.1, -0.05) is 42.1 Å². The number of nitrogens with one attached hydrogen (secondary N) is 1. The molecule has 0 saturated heterocycles. The first-order chi connectivity index (χ1) is 13.5. The van der Waals surface area contributed by atoms with Crippen LogP contribution in [0.15, 0.2) is 41.4 Å². The average Bonchev–Trinajstić information content (AvgIpc) is 2.70. The van der Waals surface area contributed by atoms with Crippen LogP contribution in [0.1, 0.15) is 28.4 Å². The smallest absolute Gasteiger partial charge is 0.333 e. The molecular weight excluding hydrogens is 378 g/mol. The van der Waals surface area contributed by atoms with Gasteiger partial charge < -0.3 is 14.8 Å². The molecule has 0 saturated carbocycles. The van der Waals surface area contributed by atoms with Gasteiger partial charge in [-0.05, 0) is 24.1 Å². The lowest BCUT2D eigenvalue weighted by molar-refractivity contribution is -0.145. The summed E-state index contributed by atoms with van der Waals surface area (Å²) in [7, 11) is 2.82. The number of hydrogen-bond donors (Lipinski definition) is 1. The first kappa shape index (κ1) is 21.4. The summed E-state index contributed by atoms with van der Waals surface area (Å²) >= 11 is 1.14. The summed E-state index contributed by atoms with van der Waals surface area (Å²) in [6.45, 7) is 2.09. The molecule has 28 heavy (non-hydrogen) atoms. The molecule has 0 bridgehead atoms. The number of ether oxygens (including phenoxy) is 2. The van der Waals surface area contributed by atoms with Gasteiger partial charge in [0.1, 0.15) is 11.1 Å². The molecule has 0 fully saturated rings. The number of methoxy groups -OCH3 is 2. The molecule has 7 nitrogen and oxygen atoms in total. The van der Waals surface area contributed by atoms with Gasteiger partial charge in [-0.3, -0.25) is 4.79 Å². The van der Waals surface area contributed by atoms with Crippen molar-refractivity contribution in [2.24, 2.45) is 0 Å². The number of pyridine rings is 1. The molecule has 0 spiro atoms. The van der Waals surface area contributed by atoms with Gasteiger partial charge in [0.2, 0.25) is 5.91 Å². The lowest BCUT2D eigenvalue weighted by atomic mass is 10.1. The molecule has 0 aliphatic heterocycles. The number of esters is 1. The summed E-state index contributed by atoms with van der Waals surface area (Å²) < 4.78 is 9.92. The highest BCUT2D eigenvalue weighted by Gasteiger charge is 2.23. The van der Waals surface area contributed by atoms with E-state index in [0.717, 1.165) is 23.0 Å². The number of carbonyl (C=O) groups excluding carboxylic acids is 2. The Hall–Kier alpha value is -2.89. The molecule has 1 aromatic carbocycles. The summed E-state index contributed by atoms with van der Waals surface area (Å²) in [6, 6.07) is 11.9. The number of thioether (sulfide) groups is 1. The Kier molecular flexibility index (Phi) is 7.99. The van der Waals surface area contributed by atoms with Gasteiger partial charge in [-0.15, -0.1) is 0 Å². The third kappa shape index (κ3) is 5.55. The van der Waals surface area contributed by atoms with Crippen molar-refractivity contribution in [1.29, 1.82) is 5.26 Å². The van der Waals surface area contributed by atoms with Crippen molar-refractivity contribution in [2.45, 2.75) is 24.6 Å². The van der Waals surface area contributed by atoms with E-state index in [2.05, 4.69) is 16.4 Å². The van der Waals surface area contributed by atoms with E-state index in [1.54, 1.807) is 37.4 Å². The molecule has 1 unspecified atom stereocenters. The zero-order valence-electron chi connectivity index (χ0n) is 15.9. The third-order valence-corrected chi connectivity index (χ3v) is 4.80. The number of amides is 1. The maximum absolute atomic E-state index is 12.4. The van der Waals surface area contributed by atoms with Crippen LogP contribution in [0.5, 0.6) is 0 Å². The quantitative estimate of drug-likeness (QED) is 0.538. The van der Waals surface area contributed by atoms with Crippen molar-refractivity contribution in [2.75, 3.05) is 20.0 Å². The van der Waals surface area contributed by atoms with Crippen LogP contribution < -0.4 is 5.32 Å². The standard InChI is InChI=1S/C20H21N3O4S/c1-13-9-15(11-26-2)16(10-21)19(22-13)28-12-17(24)23-18(20(25)27-3)14-7-5-4-6-8-14/h4-9,18H,11-12H2,1-3H3,(H,23,24). The average molecular weight is 399 g/mol. The Balaban J connectivity index is 2.13. The summed E-state index contributed by atoms with van der Waals surface area (Å²) in [5.41, 5.74) is 2.46. The maximum Gasteiger partial charge on any atom is 0.333 e. The van der Waals surface area contributed by atoms with E-state index in [4.69, 9.17) is 9.47 Å². The third-order valence-electron chi connectivity index (χ3n) is 3.82. The summed E-state index contributed by atoms with van der Waals surface area (Å²) in [6.07, 6.45) is 0. The van der Waals surface area contributed by atoms with Gasteiger partial charge in [0, 0.05) is 12.8 Å². The van der Waals surface area contributed by atoms with E-state index in [-0.39, 0.29) is 18.3 Å². The second kappa shape index (κ2) is 10.4. The summed E-state index contributed by atoms with van der Waals surface area (Å²) in [5.74, 6) is -0.930. The van der Waals surface area contributed by atoms with Crippen molar-refractivity contribution in [3.05, 3.63) is 58.8 Å². The molecule has 2 rings (SSSR count). The molecule has 1 heterocycles. The molecule has 0 radical (unpaired) electrons. The number of rotatable bonds is 8. The highest BCUT2D eigenvalue weighted by atomic mass is 32.2. The Labute approximate surface area is 168 Å². The zero-order valence-corrected chi connectivity index (χ0v) is 16.7. The van der Waals surface area contributed by atoms with Crippen LogP contribution in [0.4, 0.5) is 0 Å². The lowest BCUT2D eigenvalue weighted by Gasteiger charge is -2.17. The van der Waals surface area contributed by atoms with Crippen LogP contribution in [-0.4, -0.2) is 36.8 Å². The number of nitriles is 1. The Bertz CT molecular complexity index is 881. The molecule has 0 aliphatic rings. The van der Waals surface area contributed by atoms with Crippen LogP contribution in [-0.2, 0) is 25.7 Å². The van der Waals surface area contributed by atoms with E-state index >= 15 is 0 Å². The van der Waals surface area contributed by atoms with Crippen molar-refractivity contribution < 1.29 is 19.1 Å². The maximum atomic E-state index is 12.4. The van der Waals surface area contributed by atoms with Gasteiger partial charge in [-0.2, -0.15) is 5.26 Å². The van der Waals surface area contributed by atoms with Crippen molar-refractivity contribution in [3.8, 4) is 6.07 Å². The molecule has 1 atom stereocenters. The van der Waals surface area contributed by atoms with Crippen LogP contribution in [0.2, 0.25) is 0 Å². The minimum atomic E-state index is -0.899. The first-order valence-corrected chi connectivity index (χ1v) is 9.43. The highest BCUT2D eigenvalue weighted by molar-refractivity contribution is 8.00. The predicted molar refractivity (Wildman–Crippen MR) is 104 cm³/mol. The molecule has 1 aromatic heterocycles. The van der Waals surface area contributed by atoms with E-state index < -0.39 is 12.0 Å². The van der Waals surface area contributed by atoms with Crippen molar-refractivity contribution >= 4 is 23.6 Å². The van der Waals surface area contributed by atoms with Crippen LogP contribution in [0.3, 0.4) is 0 Å². The normalized spacial score (nSPS) is 11.4. The number of carbonyl (C=O) groups is 2. The van der Waals surface area contributed by atoms with E-state index in [9.17, 15) is 14.9 Å². The van der Waals surface area contributed by atoms with E-state index in [1.807, 2.05) is 13.0 Å². The Morgan fingerprint density at radius 3 is 2.61 bits per heavy atom. The van der Waals surface area contributed by atoms with Gasteiger partial charge in [0.15, 0.2) is 6.04 Å². The molecule has 8 heteroatoms. The molecule has 0 aliphatic carbocycles. The number of benzene rings is 1. The van der Waals surface area contributed by atoms with E-state index in [0.29, 0.717) is 16.2 Å². The fourth-order valence-electron chi connectivity index (χ4n) is 2.58. The fraction of sp³-hybridized carbons (Fsp3) is 0.300. The Morgan fingerprint density at radius 2 is 2.00 bits per heavy atom. The van der Waals surface area contributed by atoms with Crippen LogP contribution >= 0.6 is 11.8 Å². The molecule has 1 N–H and O–H groups in total. The highest BCUT2D eigenvalue weighted by Crippen LogP contribution is 2.25. The Morgan fingerprint density at radius 1 is 1.29 bits per heavy atom. The number of hydrogen-bond acceptors (Lipinski definition) is 7. The fourth-order valence-corrected chi connectivity index (χ4v) is 3.46. The van der Waals surface area contributed by atoms with Gasteiger partial charge in [0.05, 0.1) is 25.0 Å². The minimum Gasteiger partial charge on any atom is -0.467 e. The summed E-state index contributed by atoms with van der Waals surface area (Å²) in [4.78, 5) is 28.9. The first-order valence-electron chi connectivity index (χ1n) is 8.44. The number of nitrogens with zero attached hydrogens (tertiary/aromatic N) is 2. The number of aryl methyl sites for hydroxylation is 1.